The lowest BCUT2D eigenvalue weighted by molar-refractivity contribution is -0.153. The van der Waals surface area contributed by atoms with Crippen LogP contribution in [0, 0.1) is 17.8 Å². The van der Waals surface area contributed by atoms with Crippen molar-refractivity contribution in [1.82, 2.24) is 0 Å². The Balaban J connectivity index is 2.08. The molecule has 0 bridgehead atoms. The van der Waals surface area contributed by atoms with Crippen molar-refractivity contribution >= 4 is 17.7 Å². The zero-order valence-corrected chi connectivity index (χ0v) is 15.0. The van der Waals surface area contributed by atoms with Gasteiger partial charge >= 0.3 is 11.9 Å². The van der Waals surface area contributed by atoms with Gasteiger partial charge in [-0.05, 0) is 32.4 Å². The number of carbonyl (C=O) groups is 3. The van der Waals surface area contributed by atoms with E-state index in [4.69, 9.17) is 9.47 Å². The minimum Gasteiger partial charge on any atom is -0.458 e. The smallest absolute Gasteiger partial charge is 0.334 e. The van der Waals surface area contributed by atoms with E-state index in [-0.39, 0.29) is 16.9 Å². The second kappa shape index (κ2) is 6.36. The molecule has 6 nitrogen and oxygen atoms in total. The maximum Gasteiger partial charge on any atom is 0.334 e. The largest absolute Gasteiger partial charge is 0.458 e. The molecule has 1 saturated carbocycles. The molecule has 2 aliphatic carbocycles. The van der Waals surface area contributed by atoms with Crippen molar-refractivity contribution in [2.75, 3.05) is 0 Å². The van der Waals surface area contributed by atoms with Gasteiger partial charge in [-0.1, -0.05) is 24.8 Å². The minimum absolute atomic E-state index is 0.130. The van der Waals surface area contributed by atoms with Crippen molar-refractivity contribution < 1.29 is 29.0 Å². The van der Waals surface area contributed by atoms with Gasteiger partial charge < -0.3 is 14.6 Å². The number of aliphatic hydroxyl groups excluding tert-OH is 1. The van der Waals surface area contributed by atoms with Crippen LogP contribution >= 0.6 is 0 Å². The summed E-state index contributed by atoms with van der Waals surface area (Å²) in [5, 5.41) is 10.8. The molecule has 3 rings (SSSR count). The van der Waals surface area contributed by atoms with Gasteiger partial charge in [0.25, 0.3) is 0 Å². The summed E-state index contributed by atoms with van der Waals surface area (Å²) in [6.45, 7) is 12.7. The molecule has 6 unspecified atom stereocenters. The van der Waals surface area contributed by atoms with Crippen molar-refractivity contribution in [3.05, 3.63) is 47.6 Å². The molecule has 2 fully saturated rings. The number of esters is 2. The quantitative estimate of drug-likeness (QED) is 0.459. The third kappa shape index (κ3) is 2.56. The molecular weight excluding hydrogens is 336 g/mol. The second-order valence-corrected chi connectivity index (χ2v) is 7.08. The van der Waals surface area contributed by atoms with E-state index in [9.17, 15) is 19.5 Å². The third-order valence-corrected chi connectivity index (χ3v) is 5.62. The third-order valence-electron chi connectivity index (χ3n) is 5.62. The first-order valence-corrected chi connectivity index (χ1v) is 8.51. The van der Waals surface area contributed by atoms with Crippen LogP contribution in [0.3, 0.4) is 0 Å². The van der Waals surface area contributed by atoms with Crippen molar-refractivity contribution in [2.45, 2.75) is 39.1 Å². The minimum atomic E-state index is -1.30. The lowest BCUT2D eigenvalue weighted by atomic mass is 9.80. The Kier molecular flexibility index (Phi) is 4.48. The van der Waals surface area contributed by atoms with Crippen LogP contribution in [-0.2, 0) is 23.9 Å². The molecule has 0 amide bonds. The molecule has 0 spiro atoms. The van der Waals surface area contributed by atoms with Crippen LogP contribution in [0.5, 0.6) is 0 Å². The fourth-order valence-corrected chi connectivity index (χ4v) is 4.06. The van der Waals surface area contributed by atoms with Crippen molar-refractivity contribution in [3.63, 3.8) is 0 Å². The van der Waals surface area contributed by atoms with Gasteiger partial charge in [0.1, 0.15) is 18.3 Å². The highest BCUT2D eigenvalue weighted by molar-refractivity contribution is 5.99. The fraction of sp³-hybridized carbons (Fsp3) is 0.450. The van der Waals surface area contributed by atoms with Crippen molar-refractivity contribution in [2.24, 2.45) is 17.8 Å². The highest BCUT2D eigenvalue weighted by atomic mass is 16.6. The predicted octanol–water partition coefficient (Wildman–Crippen LogP) is 1.65. The van der Waals surface area contributed by atoms with E-state index in [0.717, 1.165) is 5.57 Å². The van der Waals surface area contributed by atoms with Gasteiger partial charge in [-0.3, -0.25) is 4.79 Å². The number of allylic oxidation sites excluding steroid dienone is 2. The van der Waals surface area contributed by atoms with Crippen LogP contribution in [0.25, 0.3) is 0 Å². The van der Waals surface area contributed by atoms with Crippen LogP contribution in [0.15, 0.2) is 47.6 Å². The standard InChI is InChI=1S/C20H22O6/c1-6-8(2)19(23)26-18-15-11(5)20(24)25-17(15)13-9(3)7-12(21)14(13)10(4)16(18)22/h6-7,13-18,22H,4-5H2,1-3H3. The lowest BCUT2D eigenvalue weighted by Gasteiger charge is -2.29. The molecule has 1 N–H and O–H groups in total. The Morgan fingerprint density at radius 3 is 2.58 bits per heavy atom. The molecule has 1 aliphatic heterocycles. The van der Waals surface area contributed by atoms with E-state index in [1.54, 1.807) is 26.8 Å². The fourth-order valence-electron chi connectivity index (χ4n) is 4.06. The zero-order valence-electron chi connectivity index (χ0n) is 15.0. The summed E-state index contributed by atoms with van der Waals surface area (Å²) in [6.07, 6.45) is -0.0512. The van der Waals surface area contributed by atoms with Crippen LogP contribution in [0.4, 0.5) is 0 Å². The Bertz CT molecular complexity index is 786. The normalized spacial score (nSPS) is 36.9. The number of carbonyl (C=O) groups excluding carboxylic acids is 3. The van der Waals surface area contributed by atoms with Gasteiger partial charge in [0.05, 0.1) is 11.8 Å². The maximum atomic E-state index is 12.4. The summed E-state index contributed by atoms with van der Waals surface area (Å²) < 4.78 is 11.0. The molecule has 3 aliphatic rings. The summed E-state index contributed by atoms with van der Waals surface area (Å²) in [5.74, 6) is -3.30. The lowest BCUT2D eigenvalue weighted by Crippen LogP contribution is -2.41. The molecule has 26 heavy (non-hydrogen) atoms. The number of ether oxygens (including phenoxy) is 2. The number of hydrogen-bond donors (Lipinski definition) is 1. The number of ketones is 1. The summed E-state index contributed by atoms with van der Waals surface area (Å²) in [7, 11) is 0. The molecule has 1 heterocycles. The number of aliphatic hydroxyl groups is 1. The molecular formula is C20H22O6. The highest BCUT2D eigenvalue weighted by Crippen LogP contribution is 2.50. The maximum absolute atomic E-state index is 12.4. The Hall–Kier alpha value is -2.47. The summed E-state index contributed by atoms with van der Waals surface area (Å²) in [4.78, 5) is 36.9. The molecule has 0 aromatic heterocycles. The van der Waals surface area contributed by atoms with E-state index in [1.807, 2.05) is 0 Å². The van der Waals surface area contributed by atoms with Crippen LogP contribution in [0.2, 0.25) is 0 Å². The molecule has 0 aromatic carbocycles. The average molecular weight is 358 g/mol. The number of fused-ring (bicyclic) bond motifs is 3. The van der Waals surface area contributed by atoms with Gasteiger partial charge in [0.2, 0.25) is 0 Å². The van der Waals surface area contributed by atoms with Gasteiger partial charge in [0, 0.05) is 17.1 Å². The van der Waals surface area contributed by atoms with E-state index in [1.165, 1.54) is 6.08 Å². The van der Waals surface area contributed by atoms with Crippen LogP contribution < -0.4 is 0 Å². The predicted molar refractivity (Wildman–Crippen MR) is 92.7 cm³/mol. The Morgan fingerprint density at radius 1 is 1.31 bits per heavy atom. The first kappa shape index (κ1) is 18.3. The molecule has 1 saturated heterocycles. The Labute approximate surface area is 151 Å². The topological polar surface area (TPSA) is 89.9 Å². The molecule has 0 aromatic rings. The molecule has 0 radical (unpaired) electrons. The first-order valence-electron chi connectivity index (χ1n) is 8.51. The van der Waals surface area contributed by atoms with Crippen LogP contribution in [-0.4, -0.2) is 41.1 Å². The summed E-state index contributed by atoms with van der Waals surface area (Å²) >= 11 is 0. The molecule has 6 heteroatoms. The SMILES string of the molecule is C=C1C(O)C(OC(=O)C(C)=CC)C2C(=C)C(=O)OC2C2C(C)=CC(=O)C12. The first-order chi connectivity index (χ1) is 12.2. The monoisotopic (exact) mass is 358 g/mol. The molecule has 6 atom stereocenters. The van der Waals surface area contributed by atoms with Gasteiger partial charge in [-0.2, -0.15) is 0 Å². The second-order valence-electron chi connectivity index (χ2n) is 7.08. The van der Waals surface area contributed by atoms with Crippen molar-refractivity contribution in [3.8, 4) is 0 Å². The number of rotatable bonds is 2. The highest BCUT2D eigenvalue weighted by Gasteiger charge is 2.59. The van der Waals surface area contributed by atoms with E-state index < -0.39 is 48.0 Å². The van der Waals surface area contributed by atoms with Gasteiger partial charge in [0.15, 0.2) is 5.78 Å². The van der Waals surface area contributed by atoms with Crippen molar-refractivity contribution in [1.29, 1.82) is 0 Å². The summed E-state index contributed by atoms with van der Waals surface area (Å²) in [6, 6.07) is 0. The van der Waals surface area contributed by atoms with E-state index in [2.05, 4.69) is 13.2 Å². The van der Waals surface area contributed by atoms with Crippen LogP contribution in [0.1, 0.15) is 20.8 Å². The van der Waals surface area contributed by atoms with Gasteiger partial charge in [-0.15, -0.1) is 0 Å². The zero-order chi connectivity index (χ0) is 19.3. The Morgan fingerprint density at radius 2 is 1.96 bits per heavy atom. The summed E-state index contributed by atoms with van der Waals surface area (Å²) in [5.41, 5.74) is 1.52. The van der Waals surface area contributed by atoms with E-state index >= 15 is 0 Å². The molecule has 138 valence electrons. The average Bonchev–Trinajstić information content (AvgIpc) is 3.02. The van der Waals surface area contributed by atoms with Gasteiger partial charge in [-0.25, -0.2) is 9.59 Å². The number of hydrogen-bond acceptors (Lipinski definition) is 6. The van der Waals surface area contributed by atoms with E-state index in [0.29, 0.717) is 5.57 Å².